The Balaban J connectivity index is 1.59. The van der Waals surface area contributed by atoms with Crippen LogP contribution in [-0.4, -0.2) is 49.1 Å². The van der Waals surface area contributed by atoms with Crippen LogP contribution in [0.5, 0.6) is 5.75 Å². The van der Waals surface area contributed by atoms with Crippen LogP contribution >= 0.6 is 0 Å². The van der Waals surface area contributed by atoms with Crippen LogP contribution in [-0.2, 0) is 20.7 Å². The van der Waals surface area contributed by atoms with Crippen LogP contribution in [0.3, 0.4) is 0 Å². The van der Waals surface area contributed by atoms with E-state index in [1.54, 1.807) is 7.11 Å². The molecule has 1 saturated heterocycles. The van der Waals surface area contributed by atoms with Crippen molar-refractivity contribution in [1.82, 2.24) is 10.2 Å². The monoisotopic (exact) mass is 534 g/mol. The van der Waals surface area contributed by atoms with Gasteiger partial charge in [-0.05, 0) is 85.6 Å². The predicted molar refractivity (Wildman–Crippen MR) is 151 cm³/mol. The van der Waals surface area contributed by atoms with Crippen LogP contribution in [0.1, 0.15) is 81.4 Å². The van der Waals surface area contributed by atoms with Gasteiger partial charge in [0.15, 0.2) is 0 Å². The number of benzene rings is 2. The highest BCUT2D eigenvalue weighted by Crippen LogP contribution is 2.45. The molecule has 7 heteroatoms. The van der Waals surface area contributed by atoms with Crippen molar-refractivity contribution in [1.29, 1.82) is 0 Å². The Labute approximate surface area is 232 Å². The average molecular weight is 535 g/mol. The molecule has 4 atom stereocenters. The van der Waals surface area contributed by atoms with E-state index in [-0.39, 0.29) is 41.6 Å². The summed E-state index contributed by atoms with van der Waals surface area (Å²) in [6.45, 7) is 6.34. The molecule has 1 spiro atoms. The lowest BCUT2D eigenvalue weighted by Gasteiger charge is -2.40. The molecule has 1 aliphatic heterocycles. The highest BCUT2D eigenvalue weighted by Gasteiger charge is 2.53. The van der Waals surface area contributed by atoms with E-state index in [9.17, 15) is 14.4 Å². The number of ether oxygens (including phenoxy) is 2. The number of methoxy groups -OCH3 is 2. The fraction of sp³-hybridized carbons (Fsp3) is 0.531. The third-order valence-electron chi connectivity index (χ3n) is 8.47. The second-order valence-corrected chi connectivity index (χ2v) is 11.6. The van der Waals surface area contributed by atoms with Gasteiger partial charge in [-0.15, -0.1) is 0 Å². The molecular formula is C32H42N2O5. The summed E-state index contributed by atoms with van der Waals surface area (Å²) in [5.41, 5.74) is 2.53. The first-order chi connectivity index (χ1) is 18.7. The second-order valence-electron chi connectivity index (χ2n) is 11.6. The lowest BCUT2D eigenvalue weighted by molar-refractivity contribution is -0.142. The Morgan fingerprint density at radius 1 is 1.03 bits per heavy atom. The summed E-state index contributed by atoms with van der Waals surface area (Å²) in [5, 5.41) is 3.11. The van der Waals surface area contributed by atoms with Gasteiger partial charge >= 0.3 is 12.0 Å². The van der Waals surface area contributed by atoms with Gasteiger partial charge in [0.25, 0.3) is 5.91 Å². The molecule has 4 unspecified atom stereocenters. The lowest BCUT2D eigenvalue weighted by atomic mass is 9.68. The molecule has 2 aromatic rings. The Hall–Kier alpha value is -3.35. The Morgan fingerprint density at radius 2 is 1.69 bits per heavy atom. The maximum absolute atomic E-state index is 13.6. The predicted octanol–water partition coefficient (Wildman–Crippen LogP) is 5.82. The Kier molecular flexibility index (Phi) is 8.98. The van der Waals surface area contributed by atoms with Crippen molar-refractivity contribution in [2.24, 2.45) is 11.8 Å². The van der Waals surface area contributed by atoms with Gasteiger partial charge < -0.3 is 14.8 Å². The number of nitrogens with one attached hydrogen (secondary N) is 1. The van der Waals surface area contributed by atoms with E-state index in [1.807, 2.05) is 45.0 Å². The lowest BCUT2D eigenvalue weighted by Crippen LogP contribution is -2.51. The normalized spacial score (nSPS) is 22.6. The van der Waals surface area contributed by atoms with Crippen molar-refractivity contribution in [3.05, 3.63) is 65.2 Å². The molecule has 39 heavy (non-hydrogen) atoms. The number of hydrogen-bond donors (Lipinski definition) is 1. The summed E-state index contributed by atoms with van der Waals surface area (Å²) >= 11 is 0. The number of hydrogen-bond acceptors (Lipinski definition) is 5. The Morgan fingerprint density at radius 3 is 2.31 bits per heavy atom. The minimum Gasteiger partial charge on any atom is -0.497 e. The minimum atomic E-state index is -0.813. The average Bonchev–Trinajstić information content (AvgIpc) is 3.16. The van der Waals surface area contributed by atoms with E-state index < -0.39 is 5.54 Å². The summed E-state index contributed by atoms with van der Waals surface area (Å²) in [6, 6.07) is 16.2. The number of esters is 1. The van der Waals surface area contributed by atoms with Crippen molar-refractivity contribution >= 4 is 17.9 Å². The molecule has 0 radical (unpaired) electrons. The van der Waals surface area contributed by atoms with Gasteiger partial charge in [-0.3, -0.25) is 14.5 Å². The number of urea groups is 1. The molecule has 2 aromatic carbocycles. The molecule has 1 saturated carbocycles. The summed E-state index contributed by atoms with van der Waals surface area (Å²) < 4.78 is 10.2. The largest absolute Gasteiger partial charge is 0.497 e. The van der Waals surface area contributed by atoms with Crippen LogP contribution in [0.4, 0.5) is 4.79 Å². The zero-order valence-electron chi connectivity index (χ0n) is 23.9. The molecule has 7 nitrogen and oxygen atoms in total. The highest BCUT2D eigenvalue weighted by molar-refractivity contribution is 6.07. The van der Waals surface area contributed by atoms with Crippen molar-refractivity contribution in [3.8, 4) is 5.75 Å². The molecule has 0 bridgehead atoms. The second kappa shape index (κ2) is 12.2. The van der Waals surface area contributed by atoms with Crippen LogP contribution in [0, 0.1) is 11.8 Å². The molecule has 210 valence electrons. The van der Waals surface area contributed by atoms with Gasteiger partial charge in [0.2, 0.25) is 0 Å². The molecule has 2 fully saturated rings. The number of nitrogens with zero attached hydrogens (tertiary/aromatic N) is 1. The van der Waals surface area contributed by atoms with Crippen molar-refractivity contribution in [2.75, 3.05) is 20.8 Å². The number of carbonyl (C=O) groups is 3. The first-order valence-electron chi connectivity index (χ1n) is 14.1. The summed E-state index contributed by atoms with van der Waals surface area (Å²) in [5.74, 6) is 0.841. The van der Waals surface area contributed by atoms with E-state index in [0.29, 0.717) is 19.4 Å². The van der Waals surface area contributed by atoms with E-state index >= 15 is 0 Å². The third kappa shape index (κ3) is 6.29. The molecule has 1 heterocycles. The van der Waals surface area contributed by atoms with Gasteiger partial charge in [0, 0.05) is 6.54 Å². The van der Waals surface area contributed by atoms with E-state index in [4.69, 9.17) is 9.47 Å². The minimum absolute atomic E-state index is 0.0675. The molecule has 2 aliphatic rings. The first kappa shape index (κ1) is 28.7. The van der Waals surface area contributed by atoms with Crippen molar-refractivity contribution < 1.29 is 23.9 Å². The standard InChI is InChI=1S/C32H42N2O5/c1-21(2)20-34-30(36)32(33-31(34)37)18-6-7-26(19-32)28(17-10-23-8-15-27(38-4)16-9-23)25-13-11-24(12-14-25)22(3)29(35)39-5/h8-9,11-16,21-22,26,28H,6-7,10,17-20H2,1-5H3,(H,33,37). The molecule has 1 aliphatic carbocycles. The fourth-order valence-corrected chi connectivity index (χ4v) is 6.31. The summed E-state index contributed by atoms with van der Waals surface area (Å²) in [7, 11) is 3.08. The van der Waals surface area contributed by atoms with Gasteiger partial charge in [-0.2, -0.15) is 0 Å². The molecule has 0 aromatic heterocycles. The van der Waals surface area contributed by atoms with Crippen LogP contribution < -0.4 is 10.1 Å². The van der Waals surface area contributed by atoms with Gasteiger partial charge in [-0.1, -0.05) is 56.7 Å². The molecule has 3 amide bonds. The SMILES string of the molecule is COC(=O)C(C)c1ccc(C(CCc2ccc(OC)cc2)C2CCCC3(C2)NC(=O)N(CC(C)C)C3=O)cc1. The topological polar surface area (TPSA) is 84.9 Å². The highest BCUT2D eigenvalue weighted by atomic mass is 16.5. The Bertz CT molecular complexity index is 1160. The van der Waals surface area contributed by atoms with E-state index in [1.165, 1.54) is 23.1 Å². The summed E-state index contributed by atoms with van der Waals surface area (Å²) in [4.78, 5) is 39.9. The van der Waals surface area contributed by atoms with Gasteiger partial charge in [0.05, 0.1) is 20.1 Å². The molecule has 1 N–H and O–H groups in total. The maximum Gasteiger partial charge on any atom is 0.325 e. The van der Waals surface area contributed by atoms with Gasteiger partial charge in [0.1, 0.15) is 11.3 Å². The van der Waals surface area contributed by atoms with E-state index in [2.05, 4.69) is 29.6 Å². The number of aryl methyl sites for hydroxylation is 1. The maximum atomic E-state index is 13.6. The first-order valence-corrected chi connectivity index (χ1v) is 14.1. The van der Waals surface area contributed by atoms with Crippen molar-refractivity contribution in [2.45, 2.75) is 76.7 Å². The number of imide groups is 1. The number of amides is 3. The smallest absolute Gasteiger partial charge is 0.325 e. The van der Waals surface area contributed by atoms with Crippen LogP contribution in [0.2, 0.25) is 0 Å². The zero-order valence-corrected chi connectivity index (χ0v) is 23.9. The van der Waals surface area contributed by atoms with Crippen molar-refractivity contribution in [3.63, 3.8) is 0 Å². The van der Waals surface area contributed by atoms with Crippen LogP contribution in [0.25, 0.3) is 0 Å². The summed E-state index contributed by atoms with van der Waals surface area (Å²) in [6.07, 6.45) is 5.02. The fourth-order valence-electron chi connectivity index (χ4n) is 6.31. The number of rotatable bonds is 10. The third-order valence-corrected chi connectivity index (χ3v) is 8.47. The van der Waals surface area contributed by atoms with E-state index in [0.717, 1.165) is 37.0 Å². The number of carbonyl (C=O) groups excluding carboxylic acids is 3. The molecular weight excluding hydrogens is 492 g/mol. The van der Waals surface area contributed by atoms with Crippen LogP contribution in [0.15, 0.2) is 48.5 Å². The quantitative estimate of drug-likeness (QED) is 0.306. The molecule has 4 rings (SSSR count). The zero-order chi connectivity index (χ0) is 28.2. The van der Waals surface area contributed by atoms with Gasteiger partial charge in [-0.25, -0.2) is 4.79 Å².